The number of rotatable bonds is 2. The zero-order valence-electron chi connectivity index (χ0n) is 13.2. The lowest BCUT2D eigenvalue weighted by molar-refractivity contribution is 0.178. The molecule has 114 valence electrons. The largest absolute Gasteiger partial charge is 0.304 e. The van der Waals surface area contributed by atoms with E-state index in [0.717, 1.165) is 32.0 Å². The number of aromatic nitrogens is 2. The molecule has 5 heteroatoms. The van der Waals surface area contributed by atoms with E-state index in [9.17, 15) is 0 Å². The molecule has 0 unspecified atom stereocenters. The summed E-state index contributed by atoms with van der Waals surface area (Å²) in [6.45, 7) is 6.37. The van der Waals surface area contributed by atoms with Gasteiger partial charge in [0, 0.05) is 45.0 Å². The van der Waals surface area contributed by atoms with Gasteiger partial charge in [0.1, 0.15) is 0 Å². The van der Waals surface area contributed by atoms with Crippen LogP contribution in [-0.2, 0) is 7.05 Å². The number of aryl methyl sites for hydroxylation is 2. The van der Waals surface area contributed by atoms with Crippen LogP contribution in [0.15, 0.2) is 42.5 Å². The molecule has 2 aromatic rings. The van der Waals surface area contributed by atoms with Crippen LogP contribution >= 0.6 is 0 Å². The number of nitrogens with one attached hydrogen (secondary N) is 1. The zero-order valence-corrected chi connectivity index (χ0v) is 13.2. The number of benzene rings is 1. The summed E-state index contributed by atoms with van der Waals surface area (Å²) >= 11 is 0. The van der Waals surface area contributed by atoms with Crippen molar-refractivity contribution < 1.29 is 0 Å². The molecule has 2 heterocycles. The van der Waals surface area contributed by atoms with E-state index in [-0.39, 0.29) is 0 Å². The Kier molecular flexibility index (Phi) is 5.78. The van der Waals surface area contributed by atoms with Gasteiger partial charge in [0.25, 0.3) is 0 Å². The maximum atomic E-state index is 4.37. The summed E-state index contributed by atoms with van der Waals surface area (Å²) in [6.07, 6.45) is 0. The highest BCUT2D eigenvalue weighted by Gasteiger charge is 2.14. The molecule has 0 aliphatic carbocycles. The lowest BCUT2D eigenvalue weighted by atomic mass is 10.4. The normalized spacial score (nSPS) is 16.1. The fourth-order valence-corrected chi connectivity index (χ4v) is 2.08. The van der Waals surface area contributed by atoms with Gasteiger partial charge in [0.15, 0.2) is 5.82 Å². The molecular formula is C16H25N5. The number of hydrogen-bond donors (Lipinski definition) is 1. The Morgan fingerprint density at radius 2 is 1.43 bits per heavy atom. The standard InChI is InChI=1S/C10H19N5.C6H6/c1-9-8-10(11-14(9)3)12-15-6-4-13(2)5-7-15;1-2-4-6-5-3-1/h8H,4-7H2,1-3H3,(H,11,12);1-6H. The van der Waals surface area contributed by atoms with Crippen LogP contribution in [0.4, 0.5) is 5.82 Å². The molecule has 1 saturated heterocycles. The summed E-state index contributed by atoms with van der Waals surface area (Å²) in [5.41, 5.74) is 4.51. The molecule has 1 aromatic carbocycles. The first kappa shape index (κ1) is 15.5. The van der Waals surface area contributed by atoms with E-state index >= 15 is 0 Å². The van der Waals surface area contributed by atoms with Crippen LogP contribution in [0.25, 0.3) is 0 Å². The van der Waals surface area contributed by atoms with Crippen LogP contribution in [0.1, 0.15) is 5.69 Å². The zero-order chi connectivity index (χ0) is 15.1. The monoisotopic (exact) mass is 287 g/mol. The quantitative estimate of drug-likeness (QED) is 0.916. The molecule has 1 aliphatic heterocycles. The highest BCUT2D eigenvalue weighted by Crippen LogP contribution is 2.09. The summed E-state index contributed by atoms with van der Waals surface area (Å²) in [5, 5.41) is 6.60. The third-order valence-electron chi connectivity index (χ3n) is 3.56. The maximum Gasteiger partial charge on any atom is 0.162 e. The fourth-order valence-electron chi connectivity index (χ4n) is 2.08. The highest BCUT2D eigenvalue weighted by atomic mass is 15.6. The van der Waals surface area contributed by atoms with Crippen molar-refractivity contribution in [2.24, 2.45) is 7.05 Å². The molecule has 3 rings (SSSR count). The van der Waals surface area contributed by atoms with E-state index in [4.69, 9.17) is 0 Å². The molecule has 0 atom stereocenters. The Hall–Kier alpha value is -1.85. The SMILES string of the molecule is Cc1cc(NN2CCN(C)CC2)nn1C.c1ccccc1. The van der Waals surface area contributed by atoms with Crippen LogP contribution in [0, 0.1) is 6.92 Å². The summed E-state index contributed by atoms with van der Waals surface area (Å²) in [4.78, 5) is 2.34. The van der Waals surface area contributed by atoms with Gasteiger partial charge in [-0.1, -0.05) is 36.4 Å². The van der Waals surface area contributed by atoms with E-state index in [1.54, 1.807) is 0 Å². The molecule has 1 N–H and O–H groups in total. The number of anilines is 1. The second-order valence-corrected chi connectivity index (χ2v) is 5.35. The molecule has 0 amide bonds. The van der Waals surface area contributed by atoms with E-state index in [1.165, 1.54) is 5.69 Å². The Morgan fingerprint density at radius 1 is 0.905 bits per heavy atom. The Bertz CT molecular complexity index is 469. The third-order valence-corrected chi connectivity index (χ3v) is 3.56. The number of hydrazine groups is 1. The first-order valence-electron chi connectivity index (χ1n) is 7.36. The van der Waals surface area contributed by atoms with Crippen LogP contribution in [0.2, 0.25) is 0 Å². The number of likely N-dealkylation sites (N-methyl/N-ethyl adjacent to an activating group) is 1. The first-order valence-corrected chi connectivity index (χ1v) is 7.36. The summed E-state index contributed by atoms with van der Waals surface area (Å²) in [5.74, 6) is 0.944. The Labute approximate surface area is 127 Å². The molecule has 5 nitrogen and oxygen atoms in total. The summed E-state index contributed by atoms with van der Waals surface area (Å²) < 4.78 is 1.89. The van der Waals surface area contributed by atoms with Crippen LogP contribution in [0.3, 0.4) is 0 Å². The number of hydrogen-bond acceptors (Lipinski definition) is 4. The van der Waals surface area contributed by atoms with E-state index in [2.05, 4.69) is 40.5 Å². The Balaban J connectivity index is 0.000000225. The minimum absolute atomic E-state index is 0.944. The van der Waals surface area contributed by atoms with Crippen molar-refractivity contribution in [3.05, 3.63) is 48.2 Å². The van der Waals surface area contributed by atoms with Gasteiger partial charge < -0.3 is 10.3 Å². The molecule has 0 saturated carbocycles. The molecule has 0 bridgehead atoms. The van der Waals surface area contributed by atoms with Crippen molar-refractivity contribution in [3.63, 3.8) is 0 Å². The molecule has 1 aromatic heterocycles. The second-order valence-electron chi connectivity index (χ2n) is 5.35. The van der Waals surface area contributed by atoms with Crippen molar-refractivity contribution in [1.82, 2.24) is 19.7 Å². The predicted octanol–water partition coefficient (Wildman–Crippen LogP) is 1.99. The van der Waals surface area contributed by atoms with Gasteiger partial charge in [0.05, 0.1) is 0 Å². The van der Waals surface area contributed by atoms with Gasteiger partial charge in [-0.3, -0.25) is 4.68 Å². The molecule has 1 aliphatic rings. The van der Waals surface area contributed by atoms with Crippen LogP contribution < -0.4 is 5.43 Å². The van der Waals surface area contributed by atoms with Crippen molar-refractivity contribution in [1.29, 1.82) is 0 Å². The second kappa shape index (κ2) is 7.81. The van der Waals surface area contributed by atoms with E-state index in [0.29, 0.717) is 0 Å². The van der Waals surface area contributed by atoms with Gasteiger partial charge in [-0.25, -0.2) is 5.01 Å². The minimum atomic E-state index is 0.944. The molecule has 21 heavy (non-hydrogen) atoms. The van der Waals surface area contributed by atoms with Crippen molar-refractivity contribution in [2.45, 2.75) is 6.92 Å². The number of nitrogens with zero attached hydrogens (tertiary/aromatic N) is 4. The van der Waals surface area contributed by atoms with Crippen molar-refractivity contribution in [3.8, 4) is 0 Å². The molecule has 0 spiro atoms. The van der Waals surface area contributed by atoms with Crippen molar-refractivity contribution >= 4 is 5.82 Å². The first-order chi connectivity index (χ1) is 10.1. The maximum absolute atomic E-state index is 4.37. The topological polar surface area (TPSA) is 36.3 Å². The van der Waals surface area contributed by atoms with Crippen LogP contribution in [0.5, 0.6) is 0 Å². The minimum Gasteiger partial charge on any atom is -0.304 e. The molecular weight excluding hydrogens is 262 g/mol. The van der Waals surface area contributed by atoms with E-state index in [1.807, 2.05) is 48.1 Å². The predicted molar refractivity (Wildman–Crippen MR) is 87.1 cm³/mol. The average Bonchev–Trinajstić information content (AvgIpc) is 2.82. The Morgan fingerprint density at radius 3 is 1.86 bits per heavy atom. The van der Waals surface area contributed by atoms with Crippen LogP contribution in [-0.4, -0.2) is 52.9 Å². The van der Waals surface area contributed by atoms with Gasteiger partial charge in [-0.2, -0.15) is 5.10 Å². The average molecular weight is 287 g/mol. The molecule has 0 radical (unpaired) electrons. The van der Waals surface area contributed by atoms with Crippen molar-refractivity contribution in [2.75, 3.05) is 38.7 Å². The van der Waals surface area contributed by atoms with Gasteiger partial charge in [-0.05, 0) is 14.0 Å². The number of piperazine rings is 1. The third kappa shape index (κ3) is 5.21. The smallest absolute Gasteiger partial charge is 0.162 e. The molecule has 1 fully saturated rings. The lowest BCUT2D eigenvalue weighted by Gasteiger charge is -2.32. The van der Waals surface area contributed by atoms with E-state index < -0.39 is 0 Å². The summed E-state index contributed by atoms with van der Waals surface area (Å²) in [6, 6.07) is 14.1. The van der Waals surface area contributed by atoms with Gasteiger partial charge in [0.2, 0.25) is 0 Å². The fraction of sp³-hybridized carbons (Fsp3) is 0.438. The van der Waals surface area contributed by atoms with Gasteiger partial charge in [-0.15, -0.1) is 0 Å². The van der Waals surface area contributed by atoms with Gasteiger partial charge >= 0.3 is 0 Å². The lowest BCUT2D eigenvalue weighted by Crippen LogP contribution is -2.47. The summed E-state index contributed by atoms with van der Waals surface area (Å²) in [7, 11) is 4.12. The highest BCUT2D eigenvalue weighted by molar-refractivity contribution is 5.34.